The fraction of sp³-hybridized carbons (Fsp3) is 0.250. The normalized spacial score (nSPS) is 17.2. The van der Waals surface area contributed by atoms with Crippen molar-refractivity contribution >= 4 is 18.3 Å². The minimum atomic E-state index is -0.369. The molecule has 1 heterocycles. The van der Waals surface area contributed by atoms with Crippen LogP contribution < -0.4 is 15.8 Å². The molecule has 1 amide bonds. The third-order valence-corrected chi connectivity index (χ3v) is 5.18. The van der Waals surface area contributed by atoms with E-state index in [4.69, 9.17) is 10.5 Å². The van der Waals surface area contributed by atoms with Crippen molar-refractivity contribution in [2.24, 2.45) is 5.73 Å². The van der Waals surface area contributed by atoms with Crippen LogP contribution in [0.3, 0.4) is 0 Å². The Morgan fingerprint density at radius 1 is 1.13 bits per heavy atom. The lowest BCUT2D eigenvalue weighted by Crippen LogP contribution is -2.43. The van der Waals surface area contributed by atoms with Gasteiger partial charge >= 0.3 is 0 Å². The molecule has 7 heteroatoms. The number of ether oxygens (including phenoxy) is 1. The number of nitrogens with zero attached hydrogens (tertiary/aromatic N) is 1. The molecule has 0 spiro atoms. The summed E-state index contributed by atoms with van der Waals surface area (Å²) >= 11 is 0. The van der Waals surface area contributed by atoms with Crippen LogP contribution in [-0.4, -0.2) is 23.0 Å². The Kier molecular flexibility index (Phi) is 7.60. The maximum Gasteiger partial charge on any atom is 0.226 e. The Morgan fingerprint density at radius 2 is 1.90 bits per heavy atom. The molecule has 1 aliphatic carbocycles. The number of hydrogen-bond acceptors (Lipinski definition) is 4. The lowest BCUT2D eigenvalue weighted by atomic mass is 9.90. The molecule has 3 N–H and O–H groups in total. The smallest absolute Gasteiger partial charge is 0.226 e. The standard InChI is InChI=1S/C24H24FN3O2.ClH/c25-23-13-20(30-21-10-18(26)11-21)8-9-22(23)17-6-7-19(27-15-17)12-24(29)28-14-16-4-2-1-3-5-16;/h1-9,13,15,18,21H,10-12,14,26H2,(H,28,29);1H/t18-,21-;. The zero-order chi connectivity index (χ0) is 20.9. The van der Waals surface area contributed by atoms with Crippen molar-refractivity contribution in [3.63, 3.8) is 0 Å². The second-order valence-corrected chi connectivity index (χ2v) is 7.59. The van der Waals surface area contributed by atoms with Crippen molar-refractivity contribution in [3.05, 3.63) is 83.9 Å². The van der Waals surface area contributed by atoms with Crippen molar-refractivity contribution in [1.82, 2.24) is 10.3 Å². The number of halogens is 2. The number of pyridine rings is 1. The SMILES string of the molecule is Cl.N[C@H]1C[C@H](Oc2ccc(-c3ccc(CC(=O)NCc4ccccc4)nc3)c(F)c2)C1. The van der Waals surface area contributed by atoms with E-state index in [1.165, 1.54) is 6.07 Å². The Morgan fingerprint density at radius 3 is 2.55 bits per heavy atom. The van der Waals surface area contributed by atoms with E-state index in [2.05, 4.69) is 10.3 Å². The van der Waals surface area contributed by atoms with E-state index in [0.29, 0.717) is 29.1 Å². The number of hydrogen-bond donors (Lipinski definition) is 2. The number of carbonyl (C=O) groups excluding carboxylic acids is 1. The highest BCUT2D eigenvalue weighted by molar-refractivity contribution is 5.85. The Hall–Kier alpha value is -2.96. The van der Waals surface area contributed by atoms with Gasteiger partial charge in [-0.15, -0.1) is 12.4 Å². The van der Waals surface area contributed by atoms with E-state index in [-0.39, 0.29) is 42.7 Å². The van der Waals surface area contributed by atoms with Gasteiger partial charge in [0.15, 0.2) is 0 Å². The number of nitrogens with two attached hydrogens (primary N) is 1. The van der Waals surface area contributed by atoms with Crippen LogP contribution in [0.4, 0.5) is 4.39 Å². The van der Waals surface area contributed by atoms with Gasteiger partial charge in [-0.3, -0.25) is 9.78 Å². The quantitative estimate of drug-likeness (QED) is 0.580. The number of aromatic nitrogens is 1. The van der Waals surface area contributed by atoms with Gasteiger partial charge in [0.25, 0.3) is 0 Å². The predicted molar refractivity (Wildman–Crippen MR) is 120 cm³/mol. The molecule has 0 radical (unpaired) electrons. The lowest BCUT2D eigenvalue weighted by Gasteiger charge is -2.32. The molecular formula is C24H25ClFN3O2. The zero-order valence-electron chi connectivity index (χ0n) is 17.0. The fourth-order valence-corrected chi connectivity index (χ4v) is 3.41. The highest BCUT2D eigenvalue weighted by Gasteiger charge is 2.27. The molecular weight excluding hydrogens is 417 g/mol. The maximum atomic E-state index is 14.6. The Bertz CT molecular complexity index is 1010. The molecule has 0 saturated heterocycles. The summed E-state index contributed by atoms with van der Waals surface area (Å²) in [5, 5.41) is 2.88. The molecule has 1 saturated carbocycles. The van der Waals surface area contributed by atoms with E-state index in [0.717, 1.165) is 18.4 Å². The minimum absolute atomic E-state index is 0. The second kappa shape index (κ2) is 10.4. The van der Waals surface area contributed by atoms with Gasteiger partial charge < -0.3 is 15.8 Å². The summed E-state index contributed by atoms with van der Waals surface area (Å²) in [6.07, 6.45) is 3.43. The molecule has 1 aromatic heterocycles. The fourth-order valence-electron chi connectivity index (χ4n) is 3.41. The van der Waals surface area contributed by atoms with Crippen molar-refractivity contribution in [2.45, 2.75) is 38.0 Å². The molecule has 4 rings (SSSR count). The van der Waals surface area contributed by atoms with Gasteiger partial charge in [-0.1, -0.05) is 36.4 Å². The molecule has 0 unspecified atom stereocenters. The molecule has 5 nitrogen and oxygen atoms in total. The number of carbonyl (C=O) groups is 1. The van der Waals surface area contributed by atoms with E-state index in [1.807, 2.05) is 30.3 Å². The highest BCUT2D eigenvalue weighted by atomic mass is 35.5. The molecule has 0 atom stereocenters. The van der Waals surface area contributed by atoms with Crippen LogP contribution in [0.5, 0.6) is 5.75 Å². The summed E-state index contributed by atoms with van der Waals surface area (Å²) in [6, 6.07) is 18.3. The number of benzene rings is 2. The van der Waals surface area contributed by atoms with E-state index < -0.39 is 0 Å². The van der Waals surface area contributed by atoms with Gasteiger partial charge in [0.05, 0.1) is 6.42 Å². The van der Waals surface area contributed by atoms with Crippen LogP contribution in [0.2, 0.25) is 0 Å². The number of nitrogens with one attached hydrogen (secondary N) is 1. The van der Waals surface area contributed by atoms with Crippen LogP contribution >= 0.6 is 12.4 Å². The van der Waals surface area contributed by atoms with E-state index in [9.17, 15) is 9.18 Å². The minimum Gasteiger partial charge on any atom is -0.490 e. The lowest BCUT2D eigenvalue weighted by molar-refractivity contribution is -0.120. The molecule has 1 aliphatic rings. The zero-order valence-corrected chi connectivity index (χ0v) is 17.8. The summed E-state index contributed by atoms with van der Waals surface area (Å²) in [4.78, 5) is 16.5. The van der Waals surface area contributed by atoms with Crippen LogP contribution in [0.15, 0.2) is 66.9 Å². The average Bonchev–Trinajstić information content (AvgIpc) is 2.73. The Balaban J connectivity index is 0.00000272. The second-order valence-electron chi connectivity index (χ2n) is 7.59. The van der Waals surface area contributed by atoms with E-state index in [1.54, 1.807) is 30.5 Å². The van der Waals surface area contributed by atoms with Crippen molar-refractivity contribution in [2.75, 3.05) is 0 Å². The third-order valence-electron chi connectivity index (χ3n) is 5.18. The predicted octanol–water partition coefficient (Wildman–Crippen LogP) is 4.04. The van der Waals surface area contributed by atoms with Crippen LogP contribution in [-0.2, 0) is 17.8 Å². The van der Waals surface area contributed by atoms with Crippen LogP contribution in [0.25, 0.3) is 11.1 Å². The monoisotopic (exact) mass is 441 g/mol. The highest BCUT2D eigenvalue weighted by Crippen LogP contribution is 2.29. The van der Waals surface area contributed by atoms with Gasteiger partial charge in [0.1, 0.15) is 17.7 Å². The topological polar surface area (TPSA) is 77.2 Å². The van der Waals surface area contributed by atoms with Gasteiger partial charge in [0, 0.05) is 41.7 Å². The number of rotatable bonds is 7. The summed E-state index contributed by atoms with van der Waals surface area (Å²) in [5.41, 5.74) is 8.52. The van der Waals surface area contributed by atoms with Crippen LogP contribution in [0.1, 0.15) is 24.1 Å². The molecule has 1 fully saturated rings. The molecule has 31 heavy (non-hydrogen) atoms. The number of amides is 1. The van der Waals surface area contributed by atoms with E-state index >= 15 is 0 Å². The Labute approximate surface area is 187 Å². The largest absolute Gasteiger partial charge is 0.490 e. The molecule has 3 aromatic rings. The van der Waals surface area contributed by atoms with Crippen LogP contribution in [0, 0.1) is 5.82 Å². The molecule has 0 bridgehead atoms. The molecule has 2 aromatic carbocycles. The van der Waals surface area contributed by atoms with Crippen molar-refractivity contribution in [1.29, 1.82) is 0 Å². The first-order chi connectivity index (χ1) is 14.6. The summed E-state index contributed by atoms with van der Waals surface area (Å²) < 4.78 is 20.3. The van der Waals surface area contributed by atoms with Gasteiger partial charge in [-0.2, -0.15) is 0 Å². The first-order valence-corrected chi connectivity index (χ1v) is 10.0. The third kappa shape index (κ3) is 6.03. The van der Waals surface area contributed by atoms with Gasteiger partial charge in [-0.25, -0.2) is 4.39 Å². The molecule has 162 valence electrons. The summed E-state index contributed by atoms with van der Waals surface area (Å²) in [5.74, 6) is 0.0293. The average molecular weight is 442 g/mol. The summed E-state index contributed by atoms with van der Waals surface area (Å²) in [6.45, 7) is 0.476. The first-order valence-electron chi connectivity index (χ1n) is 10.0. The van der Waals surface area contributed by atoms with Crippen molar-refractivity contribution < 1.29 is 13.9 Å². The van der Waals surface area contributed by atoms with Crippen molar-refractivity contribution in [3.8, 4) is 16.9 Å². The van der Waals surface area contributed by atoms with Gasteiger partial charge in [0.2, 0.25) is 5.91 Å². The van der Waals surface area contributed by atoms with Gasteiger partial charge in [-0.05, 0) is 36.6 Å². The maximum absolute atomic E-state index is 14.6. The first kappa shape index (κ1) is 22.7. The summed E-state index contributed by atoms with van der Waals surface area (Å²) in [7, 11) is 0. The molecule has 0 aliphatic heterocycles.